The third-order valence-electron chi connectivity index (χ3n) is 4.85. The summed E-state index contributed by atoms with van der Waals surface area (Å²) >= 11 is 0. The molecule has 0 atom stereocenters. The predicted octanol–water partition coefficient (Wildman–Crippen LogP) is 4.49. The fourth-order valence-electron chi connectivity index (χ4n) is 3.40. The van der Waals surface area contributed by atoms with Gasteiger partial charge in [-0.1, -0.05) is 12.1 Å². The van der Waals surface area contributed by atoms with Crippen molar-refractivity contribution in [2.45, 2.75) is 25.8 Å². The molecule has 0 bridgehead atoms. The fourth-order valence-corrected chi connectivity index (χ4v) is 3.40. The smallest absolute Gasteiger partial charge is 0.218 e. The molecule has 0 saturated heterocycles. The number of aryl methyl sites for hydroxylation is 1. The number of nitrogens with two attached hydrogens (primary N) is 1. The topological polar surface area (TPSA) is 103 Å². The Kier molecular flexibility index (Phi) is 5.71. The maximum Gasteiger partial charge on any atom is 0.218 e. The van der Waals surface area contributed by atoms with Crippen LogP contribution in [0.3, 0.4) is 0 Å². The van der Waals surface area contributed by atoms with Crippen LogP contribution in [0.2, 0.25) is 0 Å². The van der Waals surface area contributed by atoms with Crippen molar-refractivity contribution in [2.75, 3.05) is 0 Å². The number of nitriles is 1. The molecule has 2 N–H and O–H groups in total. The Morgan fingerprint density at radius 3 is 2.53 bits per heavy atom. The lowest BCUT2D eigenvalue weighted by atomic mass is 9.97. The average molecular weight is 425 g/mol. The van der Waals surface area contributed by atoms with Crippen molar-refractivity contribution in [1.29, 1.82) is 5.26 Å². The highest BCUT2D eigenvalue weighted by molar-refractivity contribution is 5.69. The summed E-state index contributed by atoms with van der Waals surface area (Å²) in [5.74, 6) is 1.06. The minimum absolute atomic E-state index is 0.309. The van der Waals surface area contributed by atoms with Gasteiger partial charge in [-0.2, -0.15) is 10.4 Å². The zero-order valence-corrected chi connectivity index (χ0v) is 18.3. The van der Waals surface area contributed by atoms with Gasteiger partial charge in [0.25, 0.3) is 0 Å². The van der Waals surface area contributed by atoms with Gasteiger partial charge in [0, 0.05) is 36.6 Å². The molecule has 160 valence electrons. The molecule has 32 heavy (non-hydrogen) atoms. The fraction of sp³-hybridized carbons (Fsp3) is 0.200. The lowest BCUT2D eigenvalue weighted by Gasteiger charge is -2.18. The molecule has 0 aliphatic heterocycles. The monoisotopic (exact) mass is 424 g/mol. The summed E-state index contributed by atoms with van der Waals surface area (Å²) in [6, 6.07) is 18.9. The summed E-state index contributed by atoms with van der Waals surface area (Å²) in [5, 5.41) is 13.9. The van der Waals surface area contributed by atoms with E-state index < -0.39 is 0 Å². The van der Waals surface area contributed by atoms with Gasteiger partial charge in [0.2, 0.25) is 5.88 Å². The van der Waals surface area contributed by atoms with E-state index in [4.69, 9.17) is 10.5 Å². The van der Waals surface area contributed by atoms with Crippen LogP contribution in [0.5, 0.6) is 11.6 Å². The molecule has 0 saturated carbocycles. The first kappa shape index (κ1) is 21.2. The van der Waals surface area contributed by atoms with E-state index in [-0.39, 0.29) is 5.54 Å². The number of aromatic nitrogens is 4. The number of ether oxygens (including phenoxy) is 1. The van der Waals surface area contributed by atoms with E-state index in [0.717, 1.165) is 28.9 Å². The molecule has 0 fully saturated rings. The molecule has 3 heterocycles. The van der Waals surface area contributed by atoms with Gasteiger partial charge < -0.3 is 10.5 Å². The van der Waals surface area contributed by atoms with Gasteiger partial charge >= 0.3 is 0 Å². The Labute approximate surface area is 187 Å². The van der Waals surface area contributed by atoms with E-state index in [1.807, 2.05) is 62.5 Å². The number of hydrogen-bond acceptors (Lipinski definition) is 6. The Balaban J connectivity index is 1.68. The second-order valence-electron chi connectivity index (χ2n) is 8.35. The first-order valence-corrected chi connectivity index (χ1v) is 10.2. The van der Waals surface area contributed by atoms with Crippen molar-refractivity contribution >= 4 is 0 Å². The first-order valence-electron chi connectivity index (χ1n) is 10.2. The maximum absolute atomic E-state index is 9.38. The molecule has 3 aromatic heterocycles. The van der Waals surface area contributed by atoms with Crippen molar-refractivity contribution in [3.05, 3.63) is 78.1 Å². The minimum Gasteiger partial charge on any atom is -0.439 e. The van der Waals surface area contributed by atoms with Crippen LogP contribution in [0.15, 0.2) is 67.0 Å². The number of rotatable bonds is 6. The summed E-state index contributed by atoms with van der Waals surface area (Å²) in [7, 11) is 1.80. The number of nitrogens with zero attached hydrogens (tertiary/aromatic N) is 5. The van der Waals surface area contributed by atoms with E-state index in [2.05, 4.69) is 21.1 Å². The molecule has 7 heteroatoms. The van der Waals surface area contributed by atoms with Crippen LogP contribution in [0, 0.1) is 11.3 Å². The van der Waals surface area contributed by atoms with E-state index in [1.165, 1.54) is 0 Å². The van der Waals surface area contributed by atoms with Crippen LogP contribution < -0.4 is 10.5 Å². The molecule has 0 aliphatic rings. The Morgan fingerprint density at radius 2 is 1.88 bits per heavy atom. The lowest BCUT2D eigenvalue weighted by Crippen LogP contribution is -2.34. The summed E-state index contributed by atoms with van der Waals surface area (Å²) in [6.45, 7) is 3.97. The summed E-state index contributed by atoms with van der Waals surface area (Å²) < 4.78 is 7.86. The van der Waals surface area contributed by atoms with Crippen molar-refractivity contribution < 1.29 is 4.74 Å². The summed E-state index contributed by atoms with van der Waals surface area (Å²) in [5.41, 5.74) is 10.4. The number of pyridine rings is 2. The van der Waals surface area contributed by atoms with E-state index in [1.54, 1.807) is 30.1 Å². The highest BCUT2D eigenvalue weighted by Crippen LogP contribution is 2.34. The third-order valence-corrected chi connectivity index (χ3v) is 4.85. The van der Waals surface area contributed by atoms with Gasteiger partial charge in [0.05, 0.1) is 23.0 Å². The van der Waals surface area contributed by atoms with Gasteiger partial charge in [0.15, 0.2) is 0 Å². The molecule has 0 spiro atoms. The lowest BCUT2D eigenvalue weighted by molar-refractivity contribution is 0.432. The molecule has 0 unspecified atom stereocenters. The van der Waals surface area contributed by atoms with Crippen LogP contribution in [-0.2, 0) is 13.5 Å². The highest BCUT2D eigenvalue weighted by atomic mass is 16.5. The minimum atomic E-state index is -0.309. The Hall–Kier alpha value is -4.02. The Bertz CT molecular complexity index is 1260. The van der Waals surface area contributed by atoms with Crippen molar-refractivity contribution in [3.8, 4) is 40.3 Å². The van der Waals surface area contributed by atoms with Gasteiger partial charge in [-0.05, 0) is 62.2 Å². The van der Waals surface area contributed by atoms with Crippen molar-refractivity contribution in [2.24, 2.45) is 12.8 Å². The van der Waals surface area contributed by atoms with Crippen LogP contribution in [-0.4, -0.2) is 25.3 Å². The van der Waals surface area contributed by atoms with Crippen LogP contribution in [0.1, 0.15) is 25.0 Å². The molecular weight excluding hydrogens is 400 g/mol. The second-order valence-corrected chi connectivity index (χ2v) is 8.35. The van der Waals surface area contributed by atoms with E-state index in [0.29, 0.717) is 22.9 Å². The molecule has 0 amide bonds. The average Bonchev–Trinajstić information content (AvgIpc) is 3.14. The van der Waals surface area contributed by atoms with Gasteiger partial charge in [-0.15, -0.1) is 0 Å². The van der Waals surface area contributed by atoms with E-state index >= 15 is 0 Å². The highest BCUT2D eigenvalue weighted by Gasteiger charge is 2.16. The number of hydrogen-bond donors (Lipinski definition) is 1. The maximum atomic E-state index is 9.38. The SMILES string of the molecule is Cn1nc(-c2ccccn2)cc1Oc1cc(C#N)ccc1-c1ccc(CC(C)(C)N)cn1. The molecule has 4 aromatic rings. The predicted molar refractivity (Wildman–Crippen MR) is 123 cm³/mol. The normalized spacial score (nSPS) is 11.2. The standard InChI is InChI=1S/C25H24N6O/c1-25(2,27)14-18-8-10-20(29-16-18)19-9-7-17(15-26)12-23(19)32-24-13-22(30-31(24)3)21-6-4-5-11-28-21/h4-13,16H,14,27H2,1-3H3. The molecule has 0 aliphatic carbocycles. The quantitative estimate of drug-likeness (QED) is 0.489. The second kappa shape index (κ2) is 8.61. The molecular formula is C25H24N6O. The first-order chi connectivity index (χ1) is 15.3. The summed E-state index contributed by atoms with van der Waals surface area (Å²) in [4.78, 5) is 8.96. The van der Waals surface area contributed by atoms with Crippen molar-refractivity contribution in [3.63, 3.8) is 0 Å². The summed E-state index contributed by atoms with van der Waals surface area (Å²) in [6.07, 6.45) is 4.28. The van der Waals surface area contributed by atoms with Gasteiger partial charge in [0.1, 0.15) is 11.4 Å². The van der Waals surface area contributed by atoms with Crippen molar-refractivity contribution in [1.82, 2.24) is 19.7 Å². The van der Waals surface area contributed by atoms with Crippen LogP contribution in [0.25, 0.3) is 22.6 Å². The third kappa shape index (κ3) is 4.82. The van der Waals surface area contributed by atoms with Crippen LogP contribution >= 0.6 is 0 Å². The molecule has 4 rings (SSSR count). The Morgan fingerprint density at radius 1 is 1.03 bits per heavy atom. The van der Waals surface area contributed by atoms with E-state index in [9.17, 15) is 5.26 Å². The van der Waals surface area contributed by atoms with Gasteiger partial charge in [-0.3, -0.25) is 9.97 Å². The van der Waals surface area contributed by atoms with Crippen LogP contribution in [0.4, 0.5) is 0 Å². The zero-order valence-electron chi connectivity index (χ0n) is 18.3. The zero-order chi connectivity index (χ0) is 22.7. The molecule has 1 aromatic carbocycles. The molecule has 0 radical (unpaired) electrons. The number of benzene rings is 1. The largest absolute Gasteiger partial charge is 0.439 e. The van der Waals surface area contributed by atoms with Gasteiger partial charge in [-0.25, -0.2) is 4.68 Å². The molecule has 7 nitrogen and oxygen atoms in total.